The van der Waals surface area contributed by atoms with Gasteiger partial charge in [0.05, 0.1) is 11.2 Å². The Kier molecular flexibility index (Phi) is 3.67. The van der Waals surface area contributed by atoms with E-state index < -0.39 is 0 Å². The number of hydrogen-bond acceptors (Lipinski definition) is 2. The van der Waals surface area contributed by atoms with Gasteiger partial charge in [-0.05, 0) is 46.5 Å². The second-order valence-corrected chi connectivity index (χ2v) is 5.33. The maximum atomic E-state index is 5.93. The fourth-order valence-corrected chi connectivity index (χ4v) is 1.50. The van der Waals surface area contributed by atoms with E-state index in [2.05, 4.69) is 47.6 Å². The highest BCUT2D eigenvalue weighted by molar-refractivity contribution is 6.54. The van der Waals surface area contributed by atoms with Gasteiger partial charge in [0, 0.05) is 0 Å². The number of rotatable bonds is 3. The molecule has 1 fully saturated rings. The molecule has 0 aromatic rings. The van der Waals surface area contributed by atoms with Crippen LogP contribution in [0.4, 0.5) is 0 Å². The second-order valence-electron chi connectivity index (χ2n) is 5.33. The molecule has 0 unspecified atom stereocenters. The summed E-state index contributed by atoms with van der Waals surface area (Å²) in [6.07, 6.45) is 4.47. The fourth-order valence-electron chi connectivity index (χ4n) is 1.50. The lowest BCUT2D eigenvalue weighted by Gasteiger charge is -2.32. The molecule has 0 spiro atoms. The van der Waals surface area contributed by atoms with Gasteiger partial charge in [0.2, 0.25) is 0 Å². The molecule has 0 bridgehead atoms. The lowest BCUT2D eigenvalue weighted by molar-refractivity contribution is 0.00578. The summed E-state index contributed by atoms with van der Waals surface area (Å²) < 4.78 is 11.9. The predicted molar refractivity (Wildman–Crippen MR) is 64.7 cm³/mol. The van der Waals surface area contributed by atoms with Crippen LogP contribution >= 0.6 is 0 Å². The Labute approximate surface area is 94.2 Å². The largest absolute Gasteiger partial charge is 0.489 e. The molecule has 1 aliphatic heterocycles. The molecule has 1 rings (SSSR count). The summed E-state index contributed by atoms with van der Waals surface area (Å²) in [5.74, 6) is 0. The van der Waals surface area contributed by atoms with Gasteiger partial charge in [-0.1, -0.05) is 19.4 Å². The van der Waals surface area contributed by atoms with Crippen LogP contribution in [0.1, 0.15) is 54.4 Å². The van der Waals surface area contributed by atoms with Gasteiger partial charge in [0.25, 0.3) is 0 Å². The van der Waals surface area contributed by atoms with E-state index >= 15 is 0 Å². The highest BCUT2D eigenvalue weighted by atomic mass is 16.7. The Morgan fingerprint density at radius 1 is 1.13 bits per heavy atom. The van der Waals surface area contributed by atoms with E-state index in [4.69, 9.17) is 9.31 Å². The van der Waals surface area contributed by atoms with Gasteiger partial charge >= 0.3 is 7.12 Å². The SMILES string of the molecule is CCC/C=C(/C)B1OC(C)(C)C(C)(C)O1. The average molecular weight is 210 g/mol. The van der Waals surface area contributed by atoms with Crippen LogP contribution in [0.2, 0.25) is 0 Å². The molecule has 0 saturated carbocycles. The van der Waals surface area contributed by atoms with Crippen LogP contribution in [0.15, 0.2) is 11.5 Å². The van der Waals surface area contributed by atoms with Crippen molar-refractivity contribution in [3.63, 3.8) is 0 Å². The molecule has 3 heteroatoms. The first-order chi connectivity index (χ1) is 6.80. The van der Waals surface area contributed by atoms with Crippen molar-refractivity contribution >= 4 is 7.12 Å². The highest BCUT2D eigenvalue weighted by Crippen LogP contribution is 2.38. The zero-order chi connectivity index (χ0) is 11.7. The molecule has 2 nitrogen and oxygen atoms in total. The Hall–Kier alpha value is -0.275. The van der Waals surface area contributed by atoms with Crippen LogP contribution in [-0.4, -0.2) is 18.3 Å². The zero-order valence-corrected chi connectivity index (χ0v) is 10.9. The molecular formula is C12H23BO2. The lowest BCUT2D eigenvalue weighted by Crippen LogP contribution is -2.41. The van der Waals surface area contributed by atoms with Crippen LogP contribution < -0.4 is 0 Å². The molecule has 1 heterocycles. The molecule has 0 radical (unpaired) electrons. The van der Waals surface area contributed by atoms with Crippen molar-refractivity contribution in [2.75, 3.05) is 0 Å². The summed E-state index contributed by atoms with van der Waals surface area (Å²) in [5, 5.41) is 0. The van der Waals surface area contributed by atoms with Gasteiger partial charge in [0.1, 0.15) is 0 Å². The third-order valence-electron chi connectivity index (χ3n) is 3.38. The van der Waals surface area contributed by atoms with Crippen molar-refractivity contribution in [1.29, 1.82) is 0 Å². The topological polar surface area (TPSA) is 18.5 Å². The predicted octanol–water partition coefficient (Wildman–Crippen LogP) is 3.36. The minimum atomic E-state index is -0.223. The van der Waals surface area contributed by atoms with Gasteiger partial charge in [-0.3, -0.25) is 0 Å². The smallest absolute Gasteiger partial charge is 0.400 e. The third kappa shape index (κ3) is 2.64. The third-order valence-corrected chi connectivity index (χ3v) is 3.38. The molecule has 1 aliphatic rings. The number of unbranched alkanes of at least 4 members (excludes halogenated alkanes) is 1. The summed E-state index contributed by atoms with van der Waals surface area (Å²) in [7, 11) is -0.165. The molecule has 0 amide bonds. The lowest BCUT2D eigenvalue weighted by atomic mass is 9.79. The summed E-state index contributed by atoms with van der Waals surface area (Å²) in [4.78, 5) is 0. The van der Waals surface area contributed by atoms with Crippen molar-refractivity contribution in [3.8, 4) is 0 Å². The quantitative estimate of drug-likeness (QED) is 0.665. The van der Waals surface area contributed by atoms with Crippen molar-refractivity contribution < 1.29 is 9.31 Å². The zero-order valence-electron chi connectivity index (χ0n) is 10.9. The standard InChI is InChI=1S/C12H23BO2/c1-7-8-9-10(2)13-14-11(3,4)12(5,6)15-13/h9H,7-8H2,1-6H3/b10-9-. The Morgan fingerprint density at radius 2 is 1.60 bits per heavy atom. The van der Waals surface area contributed by atoms with Crippen molar-refractivity contribution in [2.24, 2.45) is 0 Å². The molecule has 86 valence electrons. The van der Waals surface area contributed by atoms with Crippen molar-refractivity contribution in [2.45, 2.75) is 65.6 Å². The van der Waals surface area contributed by atoms with Crippen LogP contribution in [0.3, 0.4) is 0 Å². The minimum Gasteiger partial charge on any atom is -0.400 e. The van der Waals surface area contributed by atoms with E-state index in [0.29, 0.717) is 0 Å². The van der Waals surface area contributed by atoms with E-state index in [1.54, 1.807) is 0 Å². The average Bonchev–Trinajstić information content (AvgIpc) is 2.32. The van der Waals surface area contributed by atoms with Crippen LogP contribution in [0.5, 0.6) is 0 Å². The maximum Gasteiger partial charge on any atom is 0.489 e. The van der Waals surface area contributed by atoms with Gasteiger partial charge in [-0.2, -0.15) is 0 Å². The Bertz CT molecular complexity index is 240. The van der Waals surface area contributed by atoms with E-state index in [1.165, 1.54) is 5.47 Å². The second kappa shape index (κ2) is 4.30. The van der Waals surface area contributed by atoms with Gasteiger partial charge in [0.15, 0.2) is 0 Å². The Morgan fingerprint density at radius 3 is 2.00 bits per heavy atom. The summed E-state index contributed by atoms with van der Waals surface area (Å²) in [6.45, 7) is 12.6. The van der Waals surface area contributed by atoms with E-state index in [1.807, 2.05) is 0 Å². The summed E-state index contributed by atoms with van der Waals surface area (Å²) in [5.41, 5.74) is 0.744. The van der Waals surface area contributed by atoms with Gasteiger partial charge < -0.3 is 9.31 Å². The Balaban J connectivity index is 2.70. The number of hydrogen-bond donors (Lipinski definition) is 0. The summed E-state index contributed by atoms with van der Waals surface area (Å²) in [6, 6.07) is 0. The molecule has 0 atom stereocenters. The molecule has 15 heavy (non-hydrogen) atoms. The van der Waals surface area contributed by atoms with E-state index in [0.717, 1.165) is 12.8 Å². The summed E-state index contributed by atoms with van der Waals surface area (Å²) >= 11 is 0. The first-order valence-corrected chi connectivity index (χ1v) is 5.82. The molecule has 1 saturated heterocycles. The van der Waals surface area contributed by atoms with Gasteiger partial charge in [-0.25, -0.2) is 0 Å². The van der Waals surface area contributed by atoms with E-state index in [-0.39, 0.29) is 18.3 Å². The molecule has 0 aliphatic carbocycles. The van der Waals surface area contributed by atoms with Crippen molar-refractivity contribution in [3.05, 3.63) is 11.5 Å². The molecule has 0 aromatic carbocycles. The minimum absolute atomic E-state index is 0.165. The maximum absolute atomic E-state index is 5.93. The van der Waals surface area contributed by atoms with Crippen LogP contribution in [0, 0.1) is 0 Å². The molecule has 0 aromatic heterocycles. The monoisotopic (exact) mass is 210 g/mol. The fraction of sp³-hybridized carbons (Fsp3) is 0.833. The van der Waals surface area contributed by atoms with E-state index in [9.17, 15) is 0 Å². The normalized spacial score (nSPS) is 24.7. The van der Waals surface area contributed by atoms with Crippen LogP contribution in [0.25, 0.3) is 0 Å². The highest BCUT2D eigenvalue weighted by Gasteiger charge is 2.51. The molecular weight excluding hydrogens is 187 g/mol. The van der Waals surface area contributed by atoms with Crippen LogP contribution in [-0.2, 0) is 9.31 Å². The van der Waals surface area contributed by atoms with Crippen molar-refractivity contribution in [1.82, 2.24) is 0 Å². The number of allylic oxidation sites excluding steroid dienone is 2. The first kappa shape index (κ1) is 12.8. The molecule has 0 N–H and O–H groups in total. The van der Waals surface area contributed by atoms with Gasteiger partial charge in [-0.15, -0.1) is 0 Å². The first-order valence-electron chi connectivity index (χ1n) is 5.82.